The fourth-order valence-electron chi connectivity index (χ4n) is 9.49. The van der Waals surface area contributed by atoms with Crippen molar-refractivity contribution in [2.75, 3.05) is 0 Å². The molecule has 0 amide bonds. The number of hydrogen-bond donors (Lipinski definition) is 0. The van der Waals surface area contributed by atoms with Crippen LogP contribution >= 0.6 is 0 Å². The second-order valence-corrected chi connectivity index (χ2v) is 14.9. The summed E-state index contributed by atoms with van der Waals surface area (Å²) in [5, 5.41) is 11.8. The van der Waals surface area contributed by atoms with Crippen LogP contribution in [0.15, 0.2) is 187 Å². The molecule has 0 atom stereocenters. The summed E-state index contributed by atoms with van der Waals surface area (Å²) < 4.78 is 11.0. The maximum absolute atomic E-state index is 6.22. The van der Waals surface area contributed by atoms with Gasteiger partial charge in [0.2, 0.25) is 0 Å². The predicted molar refractivity (Wildman–Crippen MR) is 236 cm³/mol. The molecule has 5 heteroatoms. The lowest BCUT2D eigenvalue weighted by Crippen LogP contribution is -1.96. The first kappa shape index (κ1) is 30.6. The number of rotatable bonds is 3. The van der Waals surface area contributed by atoms with Crippen molar-refractivity contribution < 1.29 is 4.42 Å². The van der Waals surface area contributed by atoms with Crippen LogP contribution in [0.2, 0.25) is 0 Å². The lowest BCUT2D eigenvalue weighted by atomic mass is 9.99. The molecular weight excluding hydrogens is 697 g/mol. The molecule has 4 aromatic heterocycles. The molecule has 0 aliphatic heterocycles. The number of benzene rings is 9. The van der Waals surface area contributed by atoms with E-state index in [4.69, 9.17) is 14.4 Å². The van der Waals surface area contributed by atoms with Crippen molar-refractivity contribution in [2.45, 2.75) is 0 Å². The standard InChI is InChI=1S/C52H30N4O/c1-3-17-37-34(14-1)35-15-2-4-18-38(35)52-51(37)53-30-42(54-52)31-12-11-13-32(28-31)55-43-21-8-5-19-39(43)49-45(55)25-26-46-50(49)40-20-6-9-22-44(40)56(46)33-24-27-48-41(29-33)36-16-7-10-23-47(36)57-48/h1-30H. The van der Waals surface area contributed by atoms with Gasteiger partial charge in [-0.25, -0.2) is 4.98 Å². The fraction of sp³-hybridized carbons (Fsp3) is 0. The van der Waals surface area contributed by atoms with Gasteiger partial charge in [-0.2, -0.15) is 0 Å². The van der Waals surface area contributed by atoms with E-state index in [0.717, 1.165) is 77.4 Å². The van der Waals surface area contributed by atoms with E-state index >= 15 is 0 Å². The molecule has 0 N–H and O–H groups in total. The van der Waals surface area contributed by atoms with Crippen LogP contribution in [-0.4, -0.2) is 19.1 Å². The highest BCUT2D eigenvalue weighted by Crippen LogP contribution is 2.43. The third kappa shape index (κ3) is 4.23. The first-order valence-corrected chi connectivity index (χ1v) is 19.3. The zero-order chi connectivity index (χ0) is 37.2. The van der Waals surface area contributed by atoms with Gasteiger partial charge >= 0.3 is 0 Å². The fourth-order valence-corrected chi connectivity index (χ4v) is 9.49. The van der Waals surface area contributed by atoms with Crippen LogP contribution in [0.4, 0.5) is 0 Å². The number of para-hydroxylation sites is 3. The Bertz CT molecular complexity index is 3790. The van der Waals surface area contributed by atoms with E-state index in [1.54, 1.807) is 0 Å². The summed E-state index contributed by atoms with van der Waals surface area (Å²) in [7, 11) is 0. The van der Waals surface area contributed by atoms with Crippen molar-refractivity contribution in [3.05, 3.63) is 182 Å². The van der Waals surface area contributed by atoms with Crippen LogP contribution in [0.3, 0.4) is 0 Å². The Hall–Kier alpha value is -7.76. The van der Waals surface area contributed by atoms with E-state index in [9.17, 15) is 0 Å². The third-order valence-corrected chi connectivity index (χ3v) is 11.9. The first-order chi connectivity index (χ1) is 28.3. The van der Waals surface area contributed by atoms with Gasteiger partial charge < -0.3 is 13.6 Å². The van der Waals surface area contributed by atoms with Gasteiger partial charge in [0.25, 0.3) is 0 Å². The van der Waals surface area contributed by atoms with E-state index in [0.29, 0.717) is 0 Å². The SMILES string of the molecule is c1cc(-c2cnc3c4ccccc4c4ccccc4c3n2)cc(-n2c3ccccc3c3c4c5ccccc5n(-c5ccc6oc7ccccc7c6c5)c4ccc32)c1. The van der Waals surface area contributed by atoms with Gasteiger partial charge in [-0.3, -0.25) is 4.98 Å². The van der Waals surface area contributed by atoms with Crippen LogP contribution in [0.5, 0.6) is 0 Å². The van der Waals surface area contributed by atoms with E-state index in [-0.39, 0.29) is 0 Å². The lowest BCUT2D eigenvalue weighted by Gasteiger charge is -2.12. The molecule has 0 spiro atoms. The lowest BCUT2D eigenvalue weighted by molar-refractivity contribution is 0.669. The summed E-state index contributed by atoms with van der Waals surface area (Å²) in [5.41, 5.74) is 12.3. The second-order valence-electron chi connectivity index (χ2n) is 14.9. The van der Waals surface area contributed by atoms with Crippen molar-refractivity contribution in [1.29, 1.82) is 0 Å². The molecule has 9 aromatic carbocycles. The Kier molecular flexibility index (Phi) is 6.10. The minimum absolute atomic E-state index is 0.846. The molecule has 0 saturated carbocycles. The smallest absolute Gasteiger partial charge is 0.135 e. The van der Waals surface area contributed by atoms with Gasteiger partial charge in [0.05, 0.1) is 45.0 Å². The Balaban J connectivity index is 1.04. The molecule has 4 heterocycles. The molecule has 13 aromatic rings. The topological polar surface area (TPSA) is 48.8 Å². The molecule has 0 saturated heterocycles. The molecule has 5 nitrogen and oxygen atoms in total. The van der Waals surface area contributed by atoms with Crippen LogP contribution in [0.1, 0.15) is 0 Å². The maximum Gasteiger partial charge on any atom is 0.135 e. The molecule has 0 radical (unpaired) electrons. The number of hydrogen-bond acceptors (Lipinski definition) is 3. The van der Waals surface area contributed by atoms with Gasteiger partial charge in [-0.15, -0.1) is 0 Å². The first-order valence-electron chi connectivity index (χ1n) is 19.3. The van der Waals surface area contributed by atoms with E-state index < -0.39 is 0 Å². The minimum atomic E-state index is 0.846. The molecule has 264 valence electrons. The van der Waals surface area contributed by atoms with Crippen LogP contribution in [0, 0.1) is 0 Å². The third-order valence-electron chi connectivity index (χ3n) is 11.9. The Labute approximate surface area is 325 Å². The van der Waals surface area contributed by atoms with Gasteiger partial charge in [0, 0.05) is 60.0 Å². The van der Waals surface area contributed by atoms with Crippen LogP contribution in [-0.2, 0) is 0 Å². The Morgan fingerprint density at radius 3 is 1.60 bits per heavy atom. The molecule has 0 fully saturated rings. The van der Waals surface area contributed by atoms with Crippen molar-refractivity contribution in [3.8, 4) is 22.6 Å². The normalized spacial score (nSPS) is 12.2. The van der Waals surface area contributed by atoms with Gasteiger partial charge in [-0.1, -0.05) is 115 Å². The van der Waals surface area contributed by atoms with Crippen molar-refractivity contribution in [1.82, 2.24) is 19.1 Å². The molecule has 0 unspecified atom stereocenters. The highest BCUT2D eigenvalue weighted by Gasteiger charge is 2.21. The highest BCUT2D eigenvalue weighted by atomic mass is 16.3. The van der Waals surface area contributed by atoms with E-state index in [1.807, 2.05) is 18.3 Å². The highest BCUT2D eigenvalue weighted by molar-refractivity contribution is 6.29. The summed E-state index contributed by atoms with van der Waals surface area (Å²) in [6.45, 7) is 0. The molecule has 13 rings (SSSR count). The monoisotopic (exact) mass is 726 g/mol. The largest absolute Gasteiger partial charge is 0.456 e. The van der Waals surface area contributed by atoms with Crippen molar-refractivity contribution in [3.63, 3.8) is 0 Å². The quantitative estimate of drug-likeness (QED) is 0.170. The number of furan rings is 1. The number of aromatic nitrogens is 4. The van der Waals surface area contributed by atoms with Crippen LogP contribution in [0.25, 0.3) is 121 Å². The van der Waals surface area contributed by atoms with Gasteiger partial charge in [0.1, 0.15) is 11.2 Å². The van der Waals surface area contributed by atoms with Crippen molar-refractivity contribution >= 4 is 98.1 Å². The Morgan fingerprint density at radius 2 is 0.912 bits per heavy atom. The predicted octanol–water partition coefficient (Wildman–Crippen LogP) is 13.7. The average Bonchev–Trinajstić information content (AvgIpc) is 3.94. The minimum Gasteiger partial charge on any atom is -0.456 e. The summed E-state index contributed by atoms with van der Waals surface area (Å²) >= 11 is 0. The Morgan fingerprint density at radius 1 is 0.368 bits per heavy atom. The molecular formula is C52H30N4O. The molecule has 0 aliphatic rings. The second kappa shape index (κ2) is 11.4. The van der Waals surface area contributed by atoms with Crippen LogP contribution < -0.4 is 0 Å². The zero-order valence-electron chi connectivity index (χ0n) is 30.5. The summed E-state index contributed by atoms with van der Waals surface area (Å²) in [4.78, 5) is 10.4. The summed E-state index contributed by atoms with van der Waals surface area (Å²) in [6.07, 6.45) is 1.93. The average molecular weight is 727 g/mol. The molecule has 0 bridgehead atoms. The molecule has 0 aliphatic carbocycles. The van der Waals surface area contributed by atoms with Gasteiger partial charge in [-0.05, 0) is 71.4 Å². The van der Waals surface area contributed by atoms with E-state index in [1.165, 1.54) is 43.4 Å². The maximum atomic E-state index is 6.22. The van der Waals surface area contributed by atoms with Gasteiger partial charge in [0.15, 0.2) is 0 Å². The summed E-state index contributed by atoms with van der Waals surface area (Å²) in [5.74, 6) is 0. The van der Waals surface area contributed by atoms with Crippen molar-refractivity contribution in [2.24, 2.45) is 0 Å². The van der Waals surface area contributed by atoms with E-state index in [2.05, 4.69) is 173 Å². The molecule has 57 heavy (non-hydrogen) atoms. The number of fused-ring (bicyclic) bond motifs is 16. The summed E-state index contributed by atoms with van der Waals surface area (Å²) in [6, 6.07) is 62.7. The number of nitrogens with zero attached hydrogens (tertiary/aromatic N) is 4. The zero-order valence-corrected chi connectivity index (χ0v) is 30.5.